The number of hydrogen-bond acceptors (Lipinski definition) is 5. The molecule has 5 rings (SSSR count). The Hall–Kier alpha value is -4.78. The third kappa shape index (κ3) is 5.95. The normalized spacial score (nSPS) is 13.5. The van der Waals surface area contributed by atoms with E-state index in [-0.39, 0.29) is 11.8 Å². The second-order valence-electron chi connectivity index (χ2n) is 8.95. The van der Waals surface area contributed by atoms with Crippen LogP contribution in [-0.2, 0) is 4.79 Å². The Morgan fingerprint density at radius 1 is 0.842 bits per heavy atom. The Labute approximate surface area is 221 Å². The molecular formula is C31H29N3O4. The van der Waals surface area contributed by atoms with Gasteiger partial charge in [0.15, 0.2) is 0 Å². The average Bonchev–Trinajstić information content (AvgIpc) is 3.46. The van der Waals surface area contributed by atoms with Crippen molar-refractivity contribution in [1.82, 2.24) is 4.90 Å². The smallest absolute Gasteiger partial charge is 0.253 e. The first kappa shape index (κ1) is 24.9. The zero-order chi connectivity index (χ0) is 26.3. The lowest BCUT2D eigenvalue weighted by molar-refractivity contribution is -0.111. The van der Waals surface area contributed by atoms with Crippen LogP contribution in [0.15, 0.2) is 101 Å². The monoisotopic (exact) mass is 507 g/mol. The van der Waals surface area contributed by atoms with Crippen molar-refractivity contribution in [3.63, 3.8) is 0 Å². The number of benzene rings is 3. The zero-order valence-corrected chi connectivity index (χ0v) is 21.2. The number of piperazine rings is 1. The van der Waals surface area contributed by atoms with E-state index in [9.17, 15) is 9.59 Å². The summed E-state index contributed by atoms with van der Waals surface area (Å²) < 4.78 is 11.0. The van der Waals surface area contributed by atoms with Gasteiger partial charge in [0, 0.05) is 54.8 Å². The summed E-state index contributed by atoms with van der Waals surface area (Å²) in [7, 11) is 1.61. The van der Waals surface area contributed by atoms with Crippen molar-refractivity contribution in [3.8, 4) is 17.1 Å². The summed E-state index contributed by atoms with van der Waals surface area (Å²) in [5.74, 6) is 1.90. The number of hydrogen-bond donors (Lipinski definition) is 1. The van der Waals surface area contributed by atoms with Crippen molar-refractivity contribution in [1.29, 1.82) is 0 Å². The summed E-state index contributed by atoms with van der Waals surface area (Å²) >= 11 is 0. The van der Waals surface area contributed by atoms with Gasteiger partial charge in [-0.05, 0) is 66.7 Å². The number of nitrogens with one attached hydrogen (secondary N) is 1. The van der Waals surface area contributed by atoms with E-state index in [1.807, 2.05) is 71.6 Å². The molecule has 7 heteroatoms. The van der Waals surface area contributed by atoms with Gasteiger partial charge < -0.3 is 24.3 Å². The molecule has 0 aliphatic carbocycles. The average molecular weight is 508 g/mol. The molecule has 0 radical (unpaired) electrons. The van der Waals surface area contributed by atoms with Gasteiger partial charge in [-0.25, -0.2) is 0 Å². The van der Waals surface area contributed by atoms with Crippen LogP contribution >= 0.6 is 0 Å². The van der Waals surface area contributed by atoms with Crippen molar-refractivity contribution in [2.45, 2.75) is 0 Å². The predicted molar refractivity (Wildman–Crippen MR) is 149 cm³/mol. The maximum absolute atomic E-state index is 12.8. The minimum atomic E-state index is -0.235. The zero-order valence-electron chi connectivity index (χ0n) is 21.2. The van der Waals surface area contributed by atoms with Crippen LogP contribution in [0.25, 0.3) is 17.4 Å². The van der Waals surface area contributed by atoms with Crippen LogP contribution in [0.4, 0.5) is 11.4 Å². The number of furan rings is 1. The topological polar surface area (TPSA) is 75.0 Å². The van der Waals surface area contributed by atoms with Gasteiger partial charge in [-0.15, -0.1) is 0 Å². The van der Waals surface area contributed by atoms with Crippen molar-refractivity contribution in [2.24, 2.45) is 0 Å². The van der Waals surface area contributed by atoms with E-state index in [4.69, 9.17) is 9.15 Å². The molecule has 1 aliphatic heterocycles. The van der Waals surface area contributed by atoms with E-state index in [0.717, 1.165) is 35.9 Å². The van der Waals surface area contributed by atoms with E-state index in [1.54, 1.807) is 37.5 Å². The molecule has 0 spiro atoms. The first-order chi connectivity index (χ1) is 18.6. The standard InChI is InChI=1S/C31H29N3O4/c1-37-27-13-7-24(8-14-27)31(36)34-21-19-33(20-22-34)26-11-9-25(10-12-26)32-30(35)18-16-28-15-17-29(38-28)23-5-3-2-4-6-23/h2-18H,19-22H2,1H3,(H,32,35)/b18-16+. The maximum Gasteiger partial charge on any atom is 0.253 e. The summed E-state index contributed by atoms with van der Waals surface area (Å²) in [6.45, 7) is 2.77. The van der Waals surface area contributed by atoms with Crippen molar-refractivity contribution in [3.05, 3.63) is 108 Å². The van der Waals surface area contributed by atoms with E-state index in [1.165, 1.54) is 6.08 Å². The van der Waals surface area contributed by atoms with Crippen molar-refractivity contribution in [2.75, 3.05) is 43.5 Å². The minimum Gasteiger partial charge on any atom is -0.497 e. The molecule has 4 aromatic rings. The Balaban J connectivity index is 1.11. The molecule has 3 aromatic carbocycles. The van der Waals surface area contributed by atoms with E-state index >= 15 is 0 Å². The molecule has 0 bridgehead atoms. The van der Waals surface area contributed by atoms with Crippen LogP contribution < -0.4 is 15.0 Å². The van der Waals surface area contributed by atoms with Crippen LogP contribution in [-0.4, -0.2) is 50.0 Å². The number of nitrogens with zero attached hydrogens (tertiary/aromatic N) is 2. The van der Waals surface area contributed by atoms with Gasteiger partial charge >= 0.3 is 0 Å². The van der Waals surface area contributed by atoms with Crippen LogP contribution in [0.3, 0.4) is 0 Å². The van der Waals surface area contributed by atoms with Crippen LogP contribution in [0.2, 0.25) is 0 Å². The number of ether oxygens (including phenoxy) is 1. The number of methoxy groups -OCH3 is 1. The Bertz CT molecular complexity index is 1400. The van der Waals surface area contributed by atoms with Crippen LogP contribution in [0.5, 0.6) is 5.75 Å². The first-order valence-electron chi connectivity index (χ1n) is 12.5. The molecule has 1 aliphatic rings. The number of carbonyl (C=O) groups is 2. The second-order valence-corrected chi connectivity index (χ2v) is 8.95. The van der Waals surface area contributed by atoms with Crippen LogP contribution in [0.1, 0.15) is 16.1 Å². The third-order valence-corrected chi connectivity index (χ3v) is 6.49. The molecule has 38 heavy (non-hydrogen) atoms. The van der Waals surface area contributed by atoms with E-state index in [0.29, 0.717) is 30.1 Å². The van der Waals surface area contributed by atoms with E-state index in [2.05, 4.69) is 10.2 Å². The molecule has 0 atom stereocenters. The SMILES string of the molecule is COc1ccc(C(=O)N2CCN(c3ccc(NC(=O)/C=C/c4ccc(-c5ccccc5)o4)cc3)CC2)cc1. The van der Waals surface area contributed by atoms with Gasteiger partial charge in [0.05, 0.1) is 7.11 Å². The fraction of sp³-hybridized carbons (Fsp3) is 0.161. The van der Waals surface area contributed by atoms with Gasteiger partial charge in [-0.3, -0.25) is 9.59 Å². The Kier molecular flexibility index (Phi) is 7.54. The quantitative estimate of drug-likeness (QED) is 0.331. The molecule has 1 fully saturated rings. The Morgan fingerprint density at radius 3 is 2.24 bits per heavy atom. The number of rotatable bonds is 7. The molecular weight excluding hydrogens is 478 g/mol. The lowest BCUT2D eigenvalue weighted by Crippen LogP contribution is -2.48. The molecule has 1 aromatic heterocycles. The molecule has 1 saturated heterocycles. The molecule has 7 nitrogen and oxygen atoms in total. The first-order valence-corrected chi connectivity index (χ1v) is 12.5. The van der Waals surface area contributed by atoms with Gasteiger partial charge in [-0.2, -0.15) is 0 Å². The highest BCUT2D eigenvalue weighted by Crippen LogP contribution is 2.23. The fourth-order valence-electron chi connectivity index (χ4n) is 4.38. The van der Waals surface area contributed by atoms with Gasteiger partial charge in [0.25, 0.3) is 5.91 Å². The van der Waals surface area contributed by atoms with Gasteiger partial charge in [0.2, 0.25) is 5.91 Å². The van der Waals surface area contributed by atoms with E-state index < -0.39 is 0 Å². The summed E-state index contributed by atoms with van der Waals surface area (Å²) in [4.78, 5) is 29.3. The number of carbonyl (C=O) groups excluding carboxylic acids is 2. The molecule has 0 saturated carbocycles. The molecule has 192 valence electrons. The summed E-state index contributed by atoms with van der Waals surface area (Å²) in [6, 6.07) is 28.5. The van der Waals surface area contributed by atoms with Crippen LogP contribution in [0, 0.1) is 0 Å². The number of anilines is 2. The second kappa shape index (κ2) is 11.5. The highest BCUT2D eigenvalue weighted by atomic mass is 16.5. The largest absolute Gasteiger partial charge is 0.497 e. The lowest BCUT2D eigenvalue weighted by atomic mass is 10.1. The summed E-state index contributed by atoms with van der Waals surface area (Å²) in [5.41, 5.74) is 3.42. The molecule has 0 unspecified atom stereocenters. The maximum atomic E-state index is 12.8. The number of amides is 2. The third-order valence-electron chi connectivity index (χ3n) is 6.49. The highest BCUT2D eigenvalue weighted by molar-refractivity contribution is 6.01. The molecule has 2 amide bonds. The lowest BCUT2D eigenvalue weighted by Gasteiger charge is -2.36. The Morgan fingerprint density at radius 2 is 1.55 bits per heavy atom. The van der Waals surface area contributed by atoms with Gasteiger partial charge in [0.1, 0.15) is 17.3 Å². The molecule has 1 N–H and O–H groups in total. The van der Waals surface area contributed by atoms with Crippen molar-refractivity contribution < 1.29 is 18.7 Å². The highest BCUT2D eigenvalue weighted by Gasteiger charge is 2.22. The molecule has 2 heterocycles. The van der Waals surface area contributed by atoms with Crippen molar-refractivity contribution >= 4 is 29.3 Å². The fourth-order valence-corrected chi connectivity index (χ4v) is 4.38. The summed E-state index contributed by atoms with van der Waals surface area (Å²) in [5, 5.41) is 2.88. The predicted octanol–water partition coefficient (Wildman–Crippen LogP) is 5.57. The minimum absolute atomic E-state index is 0.0317. The van der Waals surface area contributed by atoms with Gasteiger partial charge in [-0.1, -0.05) is 30.3 Å². The summed E-state index contributed by atoms with van der Waals surface area (Å²) in [6.07, 6.45) is 3.11.